The molecule has 1 atom stereocenters. The lowest BCUT2D eigenvalue weighted by atomic mass is 10.2. The fraction of sp³-hybridized carbons (Fsp3) is 0.538. The van der Waals surface area contributed by atoms with Gasteiger partial charge in [0.05, 0.1) is 6.04 Å². The molecule has 1 aromatic heterocycles. The van der Waals surface area contributed by atoms with E-state index in [2.05, 4.69) is 10.6 Å². The number of carbonyl (C=O) groups is 2. The Balaban J connectivity index is 1.86. The van der Waals surface area contributed by atoms with Crippen molar-refractivity contribution in [2.75, 3.05) is 0 Å². The number of thiophene rings is 1. The number of rotatable bonds is 4. The Kier molecular flexibility index (Phi) is 4.42. The van der Waals surface area contributed by atoms with Gasteiger partial charge in [-0.3, -0.25) is 0 Å². The molecule has 5 nitrogen and oxygen atoms in total. The number of carboxylic acid groups (broad SMARTS) is 1. The van der Waals surface area contributed by atoms with Gasteiger partial charge in [0.15, 0.2) is 0 Å². The Morgan fingerprint density at radius 3 is 2.63 bits per heavy atom. The predicted octanol–water partition coefficient (Wildman–Crippen LogP) is 2.75. The zero-order chi connectivity index (χ0) is 13.8. The number of hydrogen-bond donors (Lipinski definition) is 3. The minimum atomic E-state index is -0.932. The van der Waals surface area contributed by atoms with Crippen LogP contribution in [0, 0.1) is 0 Å². The van der Waals surface area contributed by atoms with Crippen molar-refractivity contribution in [1.82, 2.24) is 10.6 Å². The number of nitrogens with one attached hydrogen (secondary N) is 2. The Morgan fingerprint density at radius 1 is 1.37 bits per heavy atom. The summed E-state index contributed by atoms with van der Waals surface area (Å²) in [6.07, 6.45) is 4.44. The van der Waals surface area contributed by atoms with Crippen LogP contribution in [-0.2, 0) is 0 Å². The van der Waals surface area contributed by atoms with Crippen LogP contribution >= 0.6 is 11.3 Å². The maximum absolute atomic E-state index is 11.8. The quantitative estimate of drug-likeness (QED) is 0.794. The summed E-state index contributed by atoms with van der Waals surface area (Å²) in [7, 11) is 0. The molecule has 1 unspecified atom stereocenters. The number of aromatic carboxylic acids is 1. The smallest absolute Gasteiger partial charge is 0.345 e. The van der Waals surface area contributed by atoms with Crippen molar-refractivity contribution in [3.05, 3.63) is 21.9 Å². The molecule has 104 valence electrons. The second-order valence-electron chi connectivity index (χ2n) is 4.83. The third kappa shape index (κ3) is 3.70. The molecular formula is C13H18N2O3S. The largest absolute Gasteiger partial charge is 0.477 e. The molecule has 1 aromatic rings. The average molecular weight is 282 g/mol. The summed E-state index contributed by atoms with van der Waals surface area (Å²) in [4.78, 5) is 23.7. The van der Waals surface area contributed by atoms with E-state index in [1.165, 1.54) is 24.2 Å². The molecule has 2 amide bonds. The number of urea groups is 1. The van der Waals surface area contributed by atoms with E-state index in [1.807, 2.05) is 6.92 Å². The van der Waals surface area contributed by atoms with E-state index in [0.29, 0.717) is 4.88 Å². The first-order valence-corrected chi connectivity index (χ1v) is 7.28. The van der Waals surface area contributed by atoms with Crippen molar-refractivity contribution in [1.29, 1.82) is 0 Å². The first-order valence-electron chi connectivity index (χ1n) is 6.46. The third-order valence-corrected chi connectivity index (χ3v) is 4.56. The fourth-order valence-electron chi connectivity index (χ4n) is 2.27. The van der Waals surface area contributed by atoms with Crippen molar-refractivity contribution in [3.63, 3.8) is 0 Å². The van der Waals surface area contributed by atoms with Gasteiger partial charge >= 0.3 is 12.0 Å². The summed E-state index contributed by atoms with van der Waals surface area (Å²) >= 11 is 1.19. The van der Waals surface area contributed by atoms with Gasteiger partial charge in [-0.1, -0.05) is 12.8 Å². The van der Waals surface area contributed by atoms with Gasteiger partial charge in [0.25, 0.3) is 0 Å². The van der Waals surface area contributed by atoms with Crippen LogP contribution in [0.1, 0.15) is 53.2 Å². The summed E-state index contributed by atoms with van der Waals surface area (Å²) in [5, 5.41) is 14.7. The van der Waals surface area contributed by atoms with Gasteiger partial charge in [-0.05, 0) is 31.9 Å². The van der Waals surface area contributed by atoms with Crippen LogP contribution in [0.5, 0.6) is 0 Å². The maximum Gasteiger partial charge on any atom is 0.345 e. The van der Waals surface area contributed by atoms with Gasteiger partial charge in [0.2, 0.25) is 0 Å². The van der Waals surface area contributed by atoms with E-state index < -0.39 is 5.97 Å². The molecule has 1 aliphatic carbocycles. The summed E-state index contributed by atoms with van der Waals surface area (Å²) < 4.78 is 0. The minimum Gasteiger partial charge on any atom is -0.477 e. The molecule has 0 radical (unpaired) electrons. The minimum absolute atomic E-state index is 0.176. The Bertz CT molecular complexity index is 466. The highest BCUT2D eigenvalue weighted by atomic mass is 32.1. The fourth-order valence-corrected chi connectivity index (χ4v) is 3.11. The monoisotopic (exact) mass is 282 g/mol. The molecule has 2 rings (SSSR count). The highest BCUT2D eigenvalue weighted by Crippen LogP contribution is 2.23. The van der Waals surface area contributed by atoms with Gasteiger partial charge in [-0.2, -0.15) is 0 Å². The van der Waals surface area contributed by atoms with Gasteiger partial charge in [-0.25, -0.2) is 9.59 Å². The summed E-state index contributed by atoms with van der Waals surface area (Å²) in [6.45, 7) is 1.85. The molecular weight excluding hydrogens is 264 g/mol. The molecule has 3 N–H and O–H groups in total. The van der Waals surface area contributed by atoms with Gasteiger partial charge < -0.3 is 15.7 Å². The van der Waals surface area contributed by atoms with Gasteiger partial charge in [0.1, 0.15) is 4.88 Å². The number of carbonyl (C=O) groups excluding carboxylic acids is 1. The molecule has 0 saturated heterocycles. The highest BCUT2D eigenvalue weighted by Gasteiger charge is 2.19. The van der Waals surface area contributed by atoms with Crippen LogP contribution in [0.2, 0.25) is 0 Å². The number of carboxylic acids is 1. The average Bonchev–Trinajstić information content (AvgIpc) is 2.98. The second-order valence-corrected chi connectivity index (χ2v) is 5.94. The molecule has 0 aromatic carbocycles. The summed E-state index contributed by atoms with van der Waals surface area (Å²) in [6, 6.07) is 3.23. The van der Waals surface area contributed by atoms with Crippen LogP contribution in [0.15, 0.2) is 12.1 Å². The van der Waals surface area contributed by atoms with E-state index >= 15 is 0 Å². The normalized spacial score (nSPS) is 17.1. The zero-order valence-electron chi connectivity index (χ0n) is 10.8. The molecule has 0 spiro atoms. The standard InChI is InChI=1S/C13H18N2O3S/c1-8(10-6-7-11(19-10)12(16)17)14-13(18)15-9-4-2-3-5-9/h6-9H,2-5H2,1H3,(H,16,17)(H2,14,15,18). The second kappa shape index (κ2) is 6.06. The molecule has 6 heteroatoms. The lowest BCUT2D eigenvalue weighted by molar-refractivity contribution is 0.0702. The van der Waals surface area contributed by atoms with E-state index in [-0.39, 0.29) is 18.1 Å². The first-order chi connectivity index (χ1) is 9.06. The van der Waals surface area contributed by atoms with Crippen LogP contribution in [0.4, 0.5) is 4.79 Å². The van der Waals surface area contributed by atoms with Crippen molar-refractivity contribution < 1.29 is 14.7 Å². The predicted molar refractivity (Wildman–Crippen MR) is 73.6 cm³/mol. The topological polar surface area (TPSA) is 78.4 Å². The molecule has 1 saturated carbocycles. The van der Waals surface area contributed by atoms with E-state index in [4.69, 9.17) is 5.11 Å². The van der Waals surface area contributed by atoms with Crippen molar-refractivity contribution >= 4 is 23.3 Å². The molecule has 1 heterocycles. The summed E-state index contributed by atoms with van der Waals surface area (Å²) in [5.74, 6) is -0.932. The van der Waals surface area contributed by atoms with Crippen molar-refractivity contribution in [2.24, 2.45) is 0 Å². The van der Waals surface area contributed by atoms with Gasteiger partial charge in [0, 0.05) is 10.9 Å². The van der Waals surface area contributed by atoms with Crippen molar-refractivity contribution in [2.45, 2.75) is 44.7 Å². The molecule has 1 aliphatic rings. The Morgan fingerprint density at radius 2 is 2.05 bits per heavy atom. The SMILES string of the molecule is CC(NC(=O)NC1CCCC1)c1ccc(C(=O)O)s1. The van der Waals surface area contributed by atoms with Crippen LogP contribution in [0.25, 0.3) is 0 Å². The van der Waals surface area contributed by atoms with E-state index in [9.17, 15) is 9.59 Å². The third-order valence-electron chi connectivity index (χ3n) is 3.30. The number of hydrogen-bond acceptors (Lipinski definition) is 3. The Hall–Kier alpha value is -1.56. The van der Waals surface area contributed by atoms with Crippen LogP contribution in [-0.4, -0.2) is 23.1 Å². The van der Waals surface area contributed by atoms with E-state index in [0.717, 1.165) is 17.7 Å². The summed E-state index contributed by atoms with van der Waals surface area (Å²) in [5.41, 5.74) is 0. The maximum atomic E-state index is 11.8. The first kappa shape index (κ1) is 13.9. The molecule has 0 aliphatic heterocycles. The molecule has 19 heavy (non-hydrogen) atoms. The van der Waals surface area contributed by atoms with Crippen molar-refractivity contribution in [3.8, 4) is 0 Å². The Labute approximate surface area is 116 Å². The number of amides is 2. The van der Waals surface area contributed by atoms with Crippen LogP contribution in [0.3, 0.4) is 0 Å². The lowest BCUT2D eigenvalue weighted by Gasteiger charge is -2.16. The zero-order valence-corrected chi connectivity index (χ0v) is 11.6. The molecule has 0 bridgehead atoms. The lowest BCUT2D eigenvalue weighted by Crippen LogP contribution is -2.41. The molecule has 1 fully saturated rings. The van der Waals surface area contributed by atoms with E-state index in [1.54, 1.807) is 12.1 Å². The highest BCUT2D eigenvalue weighted by molar-refractivity contribution is 7.14. The van der Waals surface area contributed by atoms with Gasteiger partial charge in [-0.15, -0.1) is 11.3 Å². The van der Waals surface area contributed by atoms with Crippen LogP contribution < -0.4 is 10.6 Å².